The highest BCUT2D eigenvalue weighted by Crippen LogP contribution is 2.34. The average Bonchev–Trinajstić information content (AvgIpc) is 2.16. The normalized spacial score (nSPS) is 12.8. The molecule has 15 heavy (non-hydrogen) atoms. The lowest BCUT2D eigenvalue weighted by Crippen LogP contribution is -2.17. The Morgan fingerprint density at radius 1 is 1.20 bits per heavy atom. The molecule has 0 heterocycles. The maximum atomic E-state index is 12.4. The number of rotatable bonds is 2. The summed E-state index contributed by atoms with van der Waals surface area (Å²) in [5.74, 6) is 4.40. The van der Waals surface area contributed by atoms with Crippen molar-refractivity contribution < 1.29 is 25.9 Å². The smallest absolute Gasteiger partial charge is 0.197 e. The van der Waals surface area contributed by atoms with Gasteiger partial charge in [-0.2, -0.15) is 31.8 Å². The number of hydrogen-bond acceptors (Lipinski definition) is 4. The quantitative estimate of drug-likeness (QED) is 0.792. The second-order valence-electron chi connectivity index (χ2n) is 2.54. The summed E-state index contributed by atoms with van der Waals surface area (Å²) in [7, 11) is -4.55. The number of hydrogen-bond donors (Lipinski definition) is 1. The summed E-state index contributed by atoms with van der Waals surface area (Å²) < 4.78 is 62.6. The summed E-state index contributed by atoms with van der Waals surface area (Å²) in [5, 5.41) is 0. The molecule has 2 N–H and O–H groups in total. The van der Waals surface area contributed by atoms with E-state index in [0.717, 1.165) is 18.2 Å². The highest BCUT2D eigenvalue weighted by Gasteiger charge is 2.37. The Balaban J connectivity index is 3.45. The van der Waals surface area contributed by atoms with Gasteiger partial charge in [0, 0.05) is 0 Å². The van der Waals surface area contributed by atoms with Crippen molar-refractivity contribution in [2.24, 2.45) is 5.90 Å². The second-order valence-corrected chi connectivity index (χ2v) is 4.08. The molecule has 0 spiro atoms. The van der Waals surface area contributed by atoms with Crippen LogP contribution in [0.1, 0.15) is 5.56 Å². The predicted molar refractivity (Wildman–Crippen MR) is 43.9 cm³/mol. The van der Waals surface area contributed by atoms with E-state index in [1.54, 1.807) is 0 Å². The number of alkyl halides is 3. The van der Waals surface area contributed by atoms with Gasteiger partial charge in [-0.1, -0.05) is 12.1 Å². The van der Waals surface area contributed by atoms with Crippen molar-refractivity contribution in [1.29, 1.82) is 0 Å². The van der Waals surface area contributed by atoms with Gasteiger partial charge in [-0.05, 0) is 12.1 Å². The third kappa shape index (κ3) is 2.46. The molecule has 0 amide bonds. The minimum absolute atomic E-state index is 0.631. The van der Waals surface area contributed by atoms with Crippen LogP contribution in [0.15, 0.2) is 29.2 Å². The molecule has 0 fully saturated rings. The van der Waals surface area contributed by atoms with Crippen molar-refractivity contribution in [1.82, 2.24) is 0 Å². The van der Waals surface area contributed by atoms with Gasteiger partial charge in [0.1, 0.15) is 4.90 Å². The molecule has 0 saturated carbocycles. The molecule has 1 aromatic carbocycles. The zero-order chi connectivity index (χ0) is 11.7. The van der Waals surface area contributed by atoms with Gasteiger partial charge in [0.15, 0.2) is 0 Å². The van der Waals surface area contributed by atoms with Gasteiger partial charge in [-0.15, -0.1) is 0 Å². The molecule has 0 saturated heterocycles. The van der Waals surface area contributed by atoms with E-state index in [9.17, 15) is 21.6 Å². The Kier molecular flexibility index (Phi) is 3.03. The van der Waals surface area contributed by atoms with E-state index in [4.69, 9.17) is 0 Å². The molecule has 0 aliphatic rings. The van der Waals surface area contributed by atoms with Gasteiger partial charge in [0.05, 0.1) is 5.56 Å². The van der Waals surface area contributed by atoms with Crippen LogP contribution in [0.3, 0.4) is 0 Å². The number of halogens is 3. The Labute approximate surface area is 83.5 Å². The van der Waals surface area contributed by atoms with E-state index in [-0.39, 0.29) is 0 Å². The molecular weight excluding hydrogens is 235 g/mol. The first-order valence-electron chi connectivity index (χ1n) is 3.58. The highest BCUT2D eigenvalue weighted by molar-refractivity contribution is 7.86. The highest BCUT2D eigenvalue weighted by atomic mass is 32.2. The van der Waals surface area contributed by atoms with Crippen LogP contribution in [0.5, 0.6) is 0 Å². The van der Waals surface area contributed by atoms with E-state index in [2.05, 4.69) is 10.2 Å². The van der Waals surface area contributed by atoms with Crippen LogP contribution in [0, 0.1) is 0 Å². The first-order chi connectivity index (χ1) is 6.79. The fourth-order valence-corrected chi connectivity index (χ4v) is 1.77. The molecule has 0 aromatic heterocycles. The number of nitrogens with two attached hydrogens (primary N) is 1. The minimum Gasteiger partial charge on any atom is -0.197 e. The zero-order valence-electron chi connectivity index (χ0n) is 7.15. The van der Waals surface area contributed by atoms with Gasteiger partial charge in [-0.25, -0.2) is 0 Å². The fraction of sp³-hybridized carbons (Fsp3) is 0.143. The monoisotopic (exact) mass is 241 g/mol. The molecule has 0 aliphatic carbocycles. The van der Waals surface area contributed by atoms with Gasteiger partial charge >= 0.3 is 16.3 Å². The minimum atomic E-state index is -4.78. The molecule has 0 atom stereocenters. The summed E-state index contributed by atoms with van der Waals surface area (Å²) in [6, 6.07) is 3.61. The van der Waals surface area contributed by atoms with Crippen LogP contribution in [0.25, 0.3) is 0 Å². The van der Waals surface area contributed by atoms with Gasteiger partial charge in [-0.3, -0.25) is 0 Å². The largest absolute Gasteiger partial charge is 0.417 e. The molecular formula is C7H6F3NO3S. The van der Waals surface area contributed by atoms with Crippen LogP contribution < -0.4 is 5.90 Å². The van der Waals surface area contributed by atoms with E-state index in [1.165, 1.54) is 0 Å². The van der Waals surface area contributed by atoms with Gasteiger partial charge in [0.2, 0.25) is 0 Å². The summed E-state index contributed by atoms with van der Waals surface area (Å²) >= 11 is 0. The lowest BCUT2D eigenvalue weighted by molar-refractivity contribution is -0.140. The summed E-state index contributed by atoms with van der Waals surface area (Å²) in [5.41, 5.74) is -1.31. The van der Waals surface area contributed by atoms with Crippen LogP contribution in [0.4, 0.5) is 13.2 Å². The summed E-state index contributed by atoms with van der Waals surface area (Å²) in [4.78, 5) is -1.000. The molecule has 1 rings (SSSR count). The lowest BCUT2D eigenvalue weighted by Gasteiger charge is -2.10. The van der Waals surface area contributed by atoms with Gasteiger partial charge in [0.25, 0.3) is 0 Å². The molecule has 0 radical (unpaired) electrons. The van der Waals surface area contributed by atoms with Crippen molar-refractivity contribution in [2.45, 2.75) is 11.1 Å². The number of benzene rings is 1. The van der Waals surface area contributed by atoms with Crippen LogP contribution >= 0.6 is 0 Å². The molecule has 4 nitrogen and oxygen atoms in total. The lowest BCUT2D eigenvalue weighted by atomic mass is 10.2. The fourth-order valence-electron chi connectivity index (χ4n) is 0.971. The van der Waals surface area contributed by atoms with E-state index >= 15 is 0 Å². The second kappa shape index (κ2) is 3.80. The van der Waals surface area contributed by atoms with E-state index < -0.39 is 26.8 Å². The Morgan fingerprint density at radius 3 is 2.20 bits per heavy atom. The van der Waals surface area contributed by atoms with Crippen LogP contribution in [0.2, 0.25) is 0 Å². The van der Waals surface area contributed by atoms with Crippen molar-refractivity contribution in [3.63, 3.8) is 0 Å². The van der Waals surface area contributed by atoms with Gasteiger partial charge < -0.3 is 0 Å². The average molecular weight is 241 g/mol. The maximum Gasteiger partial charge on any atom is 0.417 e. The SMILES string of the molecule is NOS(=O)(=O)c1ccccc1C(F)(F)F. The summed E-state index contributed by atoms with van der Waals surface area (Å²) in [6.45, 7) is 0. The Bertz CT molecular complexity index is 455. The predicted octanol–water partition coefficient (Wildman–Crippen LogP) is 1.28. The standard InChI is InChI=1S/C7H6F3NO3S/c8-7(9,10)5-3-1-2-4-6(5)15(12,13)14-11/h1-4H,11H2. The third-order valence-electron chi connectivity index (χ3n) is 1.59. The molecule has 0 aliphatic heterocycles. The Morgan fingerprint density at radius 2 is 1.73 bits per heavy atom. The third-order valence-corrected chi connectivity index (χ3v) is 2.74. The molecule has 0 unspecified atom stereocenters. The zero-order valence-corrected chi connectivity index (χ0v) is 7.97. The molecule has 84 valence electrons. The first kappa shape index (κ1) is 12.0. The first-order valence-corrected chi connectivity index (χ1v) is 4.99. The topological polar surface area (TPSA) is 69.4 Å². The van der Waals surface area contributed by atoms with Crippen molar-refractivity contribution in [3.05, 3.63) is 29.8 Å². The molecule has 0 bridgehead atoms. The van der Waals surface area contributed by atoms with E-state index in [1.807, 2.05) is 0 Å². The summed E-state index contributed by atoms with van der Waals surface area (Å²) in [6.07, 6.45) is -4.78. The maximum absolute atomic E-state index is 12.4. The van der Waals surface area contributed by atoms with E-state index in [0.29, 0.717) is 6.07 Å². The van der Waals surface area contributed by atoms with Crippen molar-refractivity contribution >= 4 is 10.1 Å². The van der Waals surface area contributed by atoms with Crippen LogP contribution in [-0.2, 0) is 20.6 Å². The van der Waals surface area contributed by atoms with Crippen molar-refractivity contribution in [2.75, 3.05) is 0 Å². The molecule has 8 heteroatoms. The van der Waals surface area contributed by atoms with Crippen LogP contribution in [-0.4, -0.2) is 8.42 Å². The van der Waals surface area contributed by atoms with Crippen molar-refractivity contribution in [3.8, 4) is 0 Å². The molecule has 1 aromatic rings. The Hall–Kier alpha value is -1.12.